The number of esters is 1. The molecule has 0 N–H and O–H groups in total. The zero-order valence-electron chi connectivity index (χ0n) is 11.1. The molecule has 0 saturated carbocycles. The lowest BCUT2D eigenvalue weighted by atomic mass is 9.76. The second-order valence-electron chi connectivity index (χ2n) is 5.72. The lowest BCUT2D eigenvalue weighted by molar-refractivity contribution is -0.153. The van der Waals surface area contributed by atoms with Gasteiger partial charge in [0.25, 0.3) is 0 Å². The minimum absolute atomic E-state index is 0.00487. The van der Waals surface area contributed by atoms with Crippen LogP contribution in [0, 0.1) is 17.3 Å². The minimum atomic E-state index is -0.0296. The molecule has 1 unspecified atom stereocenters. The molecule has 0 rings (SSSR count). The van der Waals surface area contributed by atoms with Crippen molar-refractivity contribution in [2.75, 3.05) is 6.61 Å². The highest BCUT2D eigenvalue weighted by atomic mass is 16.5. The number of ether oxygens (including phenoxy) is 1. The molecule has 0 spiro atoms. The number of carbonyl (C=O) groups is 1. The Hall–Kier alpha value is -0.530. The summed E-state index contributed by atoms with van der Waals surface area (Å²) >= 11 is 0. The van der Waals surface area contributed by atoms with Gasteiger partial charge in [-0.25, -0.2) is 0 Å². The molecular formula is C13H26O2. The van der Waals surface area contributed by atoms with Crippen molar-refractivity contribution < 1.29 is 9.53 Å². The van der Waals surface area contributed by atoms with Gasteiger partial charge in [0.15, 0.2) is 0 Å². The first-order chi connectivity index (χ1) is 6.79. The molecule has 90 valence electrons. The number of hydrogen-bond donors (Lipinski definition) is 0. The first-order valence-electron chi connectivity index (χ1n) is 5.95. The van der Waals surface area contributed by atoms with Gasteiger partial charge in [0.05, 0.1) is 12.5 Å². The summed E-state index contributed by atoms with van der Waals surface area (Å²) in [5.74, 6) is 0.519. The van der Waals surface area contributed by atoms with Crippen LogP contribution in [0.15, 0.2) is 0 Å². The van der Waals surface area contributed by atoms with Crippen LogP contribution in [0.3, 0.4) is 0 Å². The lowest BCUT2D eigenvalue weighted by Gasteiger charge is -2.30. The highest BCUT2D eigenvalue weighted by Gasteiger charge is 2.32. The summed E-state index contributed by atoms with van der Waals surface area (Å²) in [5.41, 5.74) is -0.00487. The third-order valence-corrected chi connectivity index (χ3v) is 2.49. The van der Waals surface area contributed by atoms with Gasteiger partial charge in [0.1, 0.15) is 0 Å². The summed E-state index contributed by atoms with van der Waals surface area (Å²) < 4.78 is 5.24. The summed E-state index contributed by atoms with van der Waals surface area (Å²) in [5, 5.41) is 0. The van der Waals surface area contributed by atoms with E-state index in [9.17, 15) is 4.79 Å². The van der Waals surface area contributed by atoms with E-state index in [1.165, 1.54) is 0 Å². The number of rotatable bonds is 5. The zero-order valence-corrected chi connectivity index (χ0v) is 11.1. The van der Waals surface area contributed by atoms with Crippen molar-refractivity contribution in [2.45, 2.75) is 54.4 Å². The predicted molar refractivity (Wildman–Crippen MR) is 63.7 cm³/mol. The number of carbonyl (C=O) groups excluding carboxylic acids is 1. The van der Waals surface area contributed by atoms with Crippen LogP contribution in [-0.4, -0.2) is 12.6 Å². The molecule has 0 saturated heterocycles. The second kappa shape index (κ2) is 6.14. The predicted octanol–water partition coefficient (Wildman–Crippen LogP) is 3.65. The van der Waals surface area contributed by atoms with Gasteiger partial charge in [-0.2, -0.15) is 0 Å². The van der Waals surface area contributed by atoms with E-state index in [1.54, 1.807) is 0 Å². The Morgan fingerprint density at radius 1 is 1.27 bits per heavy atom. The van der Waals surface area contributed by atoms with E-state index in [4.69, 9.17) is 4.74 Å². The number of hydrogen-bond acceptors (Lipinski definition) is 2. The van der Waals surface area contributed by atoms with Crippen LogP contribution in [0.1, 0.15) is 54.4 Å². The van der Waals surface area contributed by atoms with Gasteiger partial charge in [-0.05, 0) is 24.2 Å². The molecule has 1 atom stereocenters. The Labute approximate surface area is 94.4 Å². The SMILES string of the molecule is CCCOC(=O)C(CC(C)C)C(C)(C)C. The van der Waals surface area contributed by atoms with E-state index in [1.807, 2.05) is 6.92 Å². The van der Waals surface area contributed by atoms with Crippen molar-refractivity contribution in [1.29, 1.82) is 0 Å². The average Bonchev–Trinajstić information content (AvgIpc) is 2.08. The summed E-state index contributed by atoms with van der Waals surface area (Å²) in [4.78, 5) is 11.9. The molecule has 0 amide bonds. The third-order valence-electron chi connectivity index (χ3n) is 2.49. The van der Waals surface area contributed by atoms with Crippen molar-refractivity contribution >= 4 is 5.97 Å². The largest absolute Gasteiger partial charge is 0.465 e. The lowest BCUT2D eigenvalue weighted by Crippen LogP contribution is -2.31. The molecule has 0 bridgehead atoms. The monoisotopic (exact) mass is 214 g/mol. The van der Waals surface area contributed by atoms with E-state index in [0.29, 0.717) is 12.5 Å². The van der Waals surface area contributed by atoms with E-state index in [-0.39, 0.29) is 17.3 Å². The molecular weight excluding hydrogens is 188 g/mol. The molecule has 0 aliphatic heterocycles. The fraction of sp³-hybridized carbons (Fsp3) is 0.923. The normalized spacial score (nSPS) is 14.1. The highest BCUT2D eigenvalue weighted by molar-refractivity contribution is 5.73. The molecule has 15 heavy (non-hydrogen) atoms. The summed E-state index contributed by atoms with van der Waals surface area (Å²) in [6.07, 6.45) is 1.80. The molecule has 0 radical (unpaired) electrons. The van der Waals surface area contributed by atoms with Gasteiger partial charge in [-0.3, -0.25) is 4.79 Å². The van der Waals surface area contributed by atoms with E-state index < -0.39 is 0 Å². The molecule has 0 heterocycles. The fourth-order valence-electron chi connectivity index (χ4n) is 1.58. The van der Waals surface area contributed by atoms with Crippen molar-refractivity contribution in [3.63, 3.8) is 0 Å². The van der Waals surface area contributed by atoms with Crippen molar-refractivity contribution in [3.8, 4) is 0 Å². The molecule has 0 aromatic rings. The Morgan fingerprint density at radius 2 is 1.80 bits per heavy atom. The molecule has 0 fully saturated rings. The molecule has 0 aliphatic carbocycles. The maximum atomic E-state index is 11.9. The first kappa shape index (κ1) is 14.5. The Balaban J connectivity index is 4.42. The van der Waals surface area contributed by atoms with Crippen LogP contribution in [0.5, 0.6) is 0 Å². The van der Waals surface area contributed by atoms with Gasteiger partial charge < -0.3 is 4.74 Å². The van der Waals surface area contributed by atoms with Crippen LogP contribution in [-0.2, 0) is 9.53 Å². The quantitative estimate of drug-likeness (QED) is 0.653. The first-order valence-corrected chi connectivity index (χ1v) is 5.95. The van der Waals surface area contributed by atoms with Crippen LogP contribution in [0.25, 0.3) is 0 Å². The van der Waals surface area contributed by atoms with Gasteiger partial charge >= 0.3 is 5.97 Å². The van der Waals surface area contributed by atoms with E-state index in [2.05, 4.69) is 34.6 Å². The van der Waals surface area contributed by atoms with Crippen LogP contribution >= 0.6 is 0 Å². The topological polar surface area (TPSA) is 26.3 Å². The van der Waals surface area contributed by atoms with E-state index >= 15 is 0 Å². The van der Waals surface area contributed by atoms with Crippen molar-refractivity contribution in [1.82, 2.24) is 0 Å². The van der Waals surface area contributed by atoms with Crippen molar-refractivity contribution in [2.24, 2.45) is 17.3 Å². The van der Waals surface area contributed by atoms with Gasteiger partial charge in [0, 0.05) is 0 Å². The average molecular weight is 214 g/mol. The Kier molecular flexibility index (Phi) is 5.92. The van der Waals surface area contributed by atoms with Crippen LogP contribution in [0.2, 0.25) is 0 Å². The fourth-order valence-corrected chi connectivity index (χ4v) is 1.58. The molecule has 0 aromatic heterocycles. The molecule has 2 nitrogen and oxygen atoms in total. The Bertz CT molecular complexity index is 189. The zero-order chi connectivity index (χ0) is 12.1. The second-order valence-corrected chi connectivity index (χ2v) is 5.72. The third kappa shape index (κ3) is 5.81. The minimum Gasteiger partial charge on any atom is -0.465 e. The Morgan fingerprint density at radius 3 is 2.13 bits per heavy atom. The van der Waals surface area contributed by atoms with Gasteiger partial charge in [-0.15, -0.1) is 0 Å². The van der Waals surface area contributed by atoms with Gasteiger partial charge in [0.2, 0.25) is 0 Å². The standard InChI is InChI=1S/C13H26O2/c1-7-8-15-12(14)11(9-10(2)3)13(4,5)6/h10-11H,7-9H2,1-6H3. The van der Waals surface area contributed by atoms with Crippen LogP contribution in [0.4, 0.5) is 0 Å². The maximum Gasteiger partial charge on any atom is 0.309 e. The maximum absolute atomic E-state index is 11.9. The van der Waals surface area contributed by atoms with Crippen molar-refractivity contribution in [3.05, 3.63) is 0 Å². The highest BCUT2D eigenvalue weighted by Crippen LogP contribution is 2.32. The molecule has 0 aliphatic rings. The molecule has 0 aromatic carbocycles. The summed E-state index contributed by atoms with van der Waals surface area (Å²) in [6, 6.07) is 0. The van der Waals surface area contributed by atoms with Gasteiger partial charge in [-0.1, -0.05) is 41.5 Å². The summed E-state index contributed by atoms with van der Waals surface area (Å²) in [6.45, 7) is 13.2. The van der Waals surface area contributed by atoms with E-state index in [0.717, 1.165) is 12.8 Å². The summed E-state index contributed by atoms with van der Waals surface area (Å²) in [7, 11) is 0. The smallest absolute Gasteiger partial charge is 0.309 e. The molecule has 2 heteroatoms. The van der Waals surface area contributed by atoms with Crippen LogP contribution < -0.4 is 0 Å².